The molecule has 2 nitrogen and oxygen atoms in total. The van der Waals surface area contributed by atoms with E-state index in [2.05, 4.69) is 42.5 Å². The number of aromatic hydroxyl groups is 1. The zero-order valence-electron chi connectivity index (χ0n) is 12.0. The maximum absolute atomic E-state index is 9.83. The molecule has 106 valence electrons. The predicted octanol–water partition coefficient (Wildman–Crippen LogP) is 4.82. The average molecular weight is 285 g/mol. The van der Waals surface area contributed by atoms with Crippen LogP contribution in [-0.2, 0) is 0 Å². The van der Waals surface area contributed by atoms with E-state index >= 15 is 0 Å². The molecule has 1 heterocycles. The molecule has 2 heteroatoms. The van der Waals surface area contributed by atoms with Crippen LogP contribution in [0.25, 0.3) is 22.0 Å². The van der Waals surface area contributed by atoms with Gasteiger partial charge in [-0.2, -0.15) is 0 Å². The third-order valence-corrected chi connectivity index (χ3v) is 3.99. The van der Waals surface area contributed by atoms with Gasteiger partial charge in [-0.1, -0.05) is 54.6 Å². The summed E-state index contributed by atoms with van der Waals surface area (Å²) in [6.45, 7) is 0. The third kappa shape index (κ3) is 2.19. The van der Waals surface area contributed by atoms with Crippen LogP contribution in [0.3, 0.4) is 0 Å². The molecule has 1 aliphatic rings. The van der Waals surface area contributed by atoms with Gasteiger partial charge in [-0.15, -0.1) is 0 Å². The van der Waals surface area contributed by atoms with Crippen molar-refractivity contribution in [2.45, 2.75) is 5.92 Å². The minimum Gasteiger partial charge on any atom is -0.508 e. The van der Waals surface area contributed by atoms with Crippen LogP contribution in [0.4, 0.5) is 0 Å². The van der Waals surface area contributed by atoms with Crippen LogP contribution in [0.1, 0.15) is 11.6 Å². The maximum atomic E-state index is 9.83. The van der Waals surface area contributed by atoms with Crippen LogP contribution in [0.5, 0.6) is 5.75 Å². The lowest BCUT2D eigenvalue weighted by Crippen LogP contribution is -1.96. The van der Waals surface area contributed by atoms with Gasteiger partial charge >= 0.3 is 0 Å². The van der Waals surface area contributed by atoms with E-state index in [1.807, 2.05) is 24.3 Å². The summed E-state index contributed by atoms with van der Waals surface area (Å²) in [7, 11) is 0. The molecule has 0 radical (unpaired) electrons. The second-order valence-electron chi connectivity index (χ2n) is 5.46. The van der Waals surface area contributed by atoms with Crippen molar-refractivity contribution in [3.05, 3.63) is 84.6 Å². The molecule has 0 saturated heterocycles. The number of nitrogens with zero attached hydrogens (tertiary/aromatic N) is 1. The molecule has 1 aliphatic carbocycles. The predicted molar refractivity (Wildman–Crippen MR) is 89.9 cm³/mol. The van der Waals surface area contributed by atoms with Gasteiger partial charge in [0, 0.05) is 11.3 Å². The highest BCUT2D eigenvalue weighted by molar-refractivity contribution is 5.95. The number of phenols is 1. The van der Waals surface area contributed by atoms with E-state index in [4.69, 9.17) is 4.98 Å². The first-order valence-corrected chi connectivity index (χ1v) is 7.35. The van der Waals surface area contributed by atoms with Crippen molar-refractivity contribution < 1.29 is 5.11 Å². The van der Waals surface area contributed by atoms with Gasteiger partial charge in [0.15, 0.2) is 0 Å². The van der Waals surface area contributed by atoms with Gasteiger partial charge in [-0.3, -0.25) is 4.98 Å². The Bertz CT molecular complexity index is 882. The fourth-order valence-electron chi connectivity index (χ4n) is 2.89. The van der Waals surface area contributed by atoms with Crippen LogP contribution in [-0.4, -0.2) is 10.1 Å². The van der Waals surface area contributed by atoms with Crippen molar-refractivity contribution in [2.75, 3.05) is 0 Å². The summed E-state index contributed by atoms with van der Waals surface area (Å²) in [5.41, 5.74) is 4.17. The van der Waals surface area contributed by atoms with E-state index in [-0.39, 0.29) is 11.7 Å². The third-order valence-electron chi connectivity index (χ3n) is 3.99. The summed E-state index contributed by atoms with van der Waals surface area (Å²) in [5.74, 6) is 0.487. The molecular weight excluding hydrogens is 270 g/mol. The molecule has 1 N–H and O–H groups in total. The van der Waals surface area contributed by atoms with Crippen molar-refractivity contribution in [2.24, 2.45) is 0 Å². The Morgan fingerprint density at radius 3 is 2.41 bits per heavy atom. The highest BCUT2D eigenvalue weighted by atomic mass is 16.3. The van der Waals surface area contributed by atoms with Gasteiger partial charge in [0.2, 0.25) is 0 Å². The first-order chi connectivity index (χ1) is 10.8. The molecule has 0 amide bonds. The number of hydrogen-bond donors (Lipinski definition) is 1. The van der Waals surface area contributed by atoms with Crippen LogP contribution >= 0.6 is 0 Å². The van der Waals surface area contributed by atoms with Crippen molar-refractivity contribution in [3.8, 4) is 16.9 Å². The van der Waals surface area contributed by atoms with Crippen molar-refractivity contribution in [1.29, 1.82) is 0 Å². The maximum Gasteiger partial charge on any atom is 0.116 e. The fourth-order valence-corrected chi connectivity index (χ4v) is 2.89. The van der Waals surface area contributed by atoms with Crippen LogP contribution in [0.15, 0.2) is 78.9 Å². The summed E-state index contributed by atoms with van der Waals surface area (Å²) >= 11 is 0. The van der Waals surface area contributed by atoms with E-state index < -0.39 is 0 Å². The van der Waals surface area contributed by atoms with Gasteiger partial charge in [-0.25, -0.2) is 0 Å². The highest BCUT2D eigenvalue weighted by Crippen LogP contribution is 2.33. The highest BCUT2D eigenvalue weighted by Gasteiger charge is 2.14. The normalized spacial score (nSPS) is 14.0. The minimum atomic E-state index is 0.223. The van der Waals surface area contributed by atoms with Crippen molar-refractivity contribution >= 4 is 10.9 Å². The second-order valence-corrected chi connectivity index (χ2v) is 5.46. The lowest BCUT2D eigenvalue weighted by atomic mass is 9.96. The molecule has 0 fully saturated rings. The number of phenolic OH excluding ortho intramolecular Hbond substituents is 1. The summed E-state index contributed by atoms with van der Waals surface area (Å²) < 4.78 is 0. The van der Waals surface area contributed by atoms with Gasteiger partial charge in [0.25, 0.3) is 0 Å². The lowest BCUT2D eigenvalue weighted by Gasteiger charge is -2.12. The molecule has 1 aromatic heterocycles. The quantitative estimate of drug-likeness (QED) is 0.732. The number of rotatable bonds is 2. The van der Waals surface area contributed by atoms with Crippen molar-refractivity contribution in [3.63, 3.8) is 0 Å². The standard InChI is InChI=1S/C20H15NO/c22-16-10-11-19-18(12-16)17(14-6-2-1-3-7-14)13-20(21-19)15-8-4-5-9-15/h1-13,15,22H. The summed E-state index contributed by atoms with van der Waals surface area (Å²) in [5, 5.41) is 10.8. The molecule has 0 atom stereocenters. The van der Waals surface area contributed by atoms with E-state index in [0.29, 0.717) is 0 Å². The Hall–Kier alpha value is -2.87. The van der Waals surface area contributed by atoms with E-state index in [9.17, 15) is 5.11 Å². The average Bonchev–Trinajstić information content (AvgIpc) is 3.09. The first kappa shape index (κ1) is 12.8. The Kier molecular flexibility index (Phi) is 3.01. The molecule has 3 aromatic rings. The molecular formula is C20H15NO. The largest absolute Gasteiger partial charge is 0.508 e. The van der Waals surface area contributed by atoms with Crippen LogP contribution in [0.2, 0.25) is 0 Å². The Morgan fingerprint density at radius 2 is 1.64 bits per heavy atom. The molecule has 0 spiro atoms. The topological polar surface area (TPSA) is 33.1 Å². The van der Waals surface area contributed by atoms with Gasteiger partial charge in [-0.05, 0) is 35.4 Å². The van der Waals surface area contributed by atoms with E-state index in [0.717, 1.165) is 27.7 Å². The molecule has 0 unspecified atom stereocenters. The minimum absolute atomic E-state index is 0.223. The molecule has 2 aromatic carbocycles. The Labute approximate surface area is 129 Å². The van der Waals surface area contributed by atoms with Gasteiger partial charge < -0.3 is 5.11 Å². The summed E-state index contributed by atoms with van der Waals surface area (Å²) in [6, 6.07) is 17.7. The summed E-state index contributed by atoms with van der Waals surface area (Å²) in [6.07, 6.45) is 8.39. The lowest BCUT2D eigenvalue weighted by molar-refractivity contribution is 0.476. The van der Waals surface area contributed by atoms with E-state index in [1.54, 1.807) is 12.1 Å². The fraction of sp³-hybridized carbons (Fsp3) is 0.0500. The van der Waals surface area contributed by atoms with Gasteiger partial charge in [0.1, 0.15) is 5.75 Å². The van der Waals surface area contributed by atoms with Crippen LogP contribution < -0.4 is 0 Å². The smallest absolute Gasteiger partial charge is 0.116 e. The zero-order chi connectivity index (χ0) is 14.9. The van der Waals surface area contributed by atoms with E-state index in [1.165, 1.54) is 0 Å². The summed E-state index contributed by atoms with van der Waals surface area (Å²) in [4.78, 5) is 4.77. The zero-order valence-corrected chi connectivity index (χ0v) is 12.0. The Morgan fingerprint density at radius 1 is 0.864 bits per heavy atom. The molecule has 4 rings (SSSR count). The molecule has 0 saturated carbocycles. The second kappa shape index (κ2) is 5.15. The number of aromatic nitrogens is 1. The number of fused-ring (bicyclic) bond motifs is 1. The monoisotopic (exact) mass is 285 g/mol. The number of allylic oxidation sites excluding steroid dienone is 4. The number of hydrogen-bond acceptors (Lipinski definition) is 2. The molecule has 22 heavy (non-hydrogen) atoms. The van der Waals surface area contributed by atoms with Crippen LogP contribution in [0, 0.1) is 0 Å². The number of pyridine rings is 1. The number of benzene rings is 2. The molecule has 0 bridgehead atoms. The SMILES string of the molecule is Oc1ccc2nc(C3C=CC=C3)cc(-c3ccccc3)c2c1. The van der Waals surface area contributed by atoms with Gasteiger partial charge in [0.05, 0.1) is 11.2 Å². The van der Waals surface area contributed by atoms with Crippen molar-refractivity contribution in [1.82, 2.24) is 4.98 Å². The molecule has 0 aliphatic heterocycles. The first-order valence-electron chi connectivity index (χ1n) is 7.35. The Balaban J connectivity index is 2.00.